The van der Waals surface area contributed by atoms with Crippen molar-refractivity contribution >= 4 is 23.1 Å². The molecule has 2 aromatic heterocycles. The number of aromatic nitrogens is 3. The molecule has 3 aromatic rings. The lowest BCUT2D eigenvalue weighted by Crippen LogP contribution is -2.49. The van der Waals surface area contributed by atoms with Crippen LogP contribution in [0.3, 0.4) is 0 Å². The Morgan fingerprint density at radius 2 is 1.97 bits per heavy atom. The van der Waals surface area contributed by atoms with Crippen molar-refractivity contribution in [2.45, 2.75) is 32.9 Å². The Balaban J connectivity index is 1.40. The number of nitrogens with zero attached hydrogens (tertiary/aromatic N) is 5. The number of fused-ring (bicyclic) bond motifs is 1. The van der Waals surface area contributed by atoms with E-state index in [1.54, 1.807) is 12.3 Å². The van der Waals surface area contributed by atoms with Crippen LogP contribution < -0.4 is 25.2 Å². The van der Waals surface area contributed by atoms with Gasteiger partial charge in [-0.1, -0.05) is 0 Å². The molecule has 1 atom stereocenters. The fourth-order valence-corrected chi connectivity index (χ4v) is 4.53. The van der Waals surface area contributed by atoms with Crippen molar-refractivity contribution in [3.8, 4) is 17.0 Å². The van der Waals surface area contributed by atoms with E-state index in [9.17, 15) is 8.78 Å². The first-order valence-corrected chi connectivity index (χ1v) is 11.9. The number of rotatable bonds is 5. The predicted molar refractivity (Wildman–Crippen MR) is 133 cm³/mol. The van der Waals surface area contributed by atoms with Gasteiger partial charge in [-0.15, -0.1) is 0 Å². The molecule has 0 bridgehead atoms. The maximum absolute atomic E-state index is 14.9. The third-order valence-electron chi connectivity index (χ3n) is 6.27. The van der Waals surface area contributed by atoms with Crippen LogP contribution in [-0.2, 0) is 0 Å². The maximum Gasteiger partial charge on any atom is 0.229 e. The van der Waals surface area contributed by atoms with Crippen LogP contribution >= 0.6 is 0 Å². The minimum atomic E-state index is -0.640. The molecule has 0 aliphatic carbocycles. The summed E-state index contributed by atoms with van der Waals surface area (Å²) in [4.78, 5) is 17.2. The molecule has 0 saturated carbocycles. The van der Waals surface area contributed by atoms with Gasteiger partial charge in [0.25, 0.3) is 0 Å². The fraction of sp³-hybridized carbons (Fsp3) is 0.400. The summed E-state index contributed by atoms with van der Waals surface area (Å²) >= 11 is 0. The van der Waals surface area contributed by atoms with Gasteiger partial charge in [0.2, 0.25) is 5.95 Å². The van der Waals surface area contributed by atoms with E-state index in [-0.39, 0.29) is 23.4 Å². The van der Waals surface area contributed by atoms with Crippen molar-refractivity contribution in [1.29, 1.82) is 0 Å². The topological polar surface area (TPSA) is 78.4 Å². The third-order valence-corrected chi connectivity index (χ3v) is 6.27. The molecule has 1 unspecified atom stereocenters. The Hall–Kier alpha value is -3.53. The van der Waals surface area contributed by atoms with E-state index >= 15 is 0 Å². The van der Waals surface area contributed by atoms with E-state index < -0.39 is 11.6 Å². The predicted octanol–water partition coefficient (Wildman–Crippen LogP) is 3.97. The average Bonchev–Trinajstić information content (AvgIpc) is 2.85. The molecule has 1 aromatic carbocycles. The van der Waals surface area contributed by atoms with E-state index in [1.165, 1.54) is 6.07 Å². The minimum Gasteiger partial charge on any atom is -0.486 e. The highest BCUT2D eigenvalue weighted by Crippen LogP contribution is 2.39. The van der Waals surface area contributed by atoms with Gasteiger partial charge in [0.1, 0.15) is 18.1 Å². The molecule has 5 rings (SSSR count). The summed E-state index contributed by atoms with van der Waals surface area (Å²) in [6.07, 6.45) is 2.87. The number of anilines is 4. The number of ether oxygens (including phenoxy) is 1. The molecule has 2 N–H and O–H groups in total. The zero-order chi connectivity index (χ0) is 24.5. The Morgan fingerprint density at radius 1 is 1.11 bits per heavy atom. The highest BCUT2D eigenvalue weighted by Gasteiger charge is 2.26. The third kappa shape index (κ3) is 4.84. The minimum absolute atomic E-state index is 0.00454. The van der Waals surface area contributed by atoms with Crippen LogP contribution in [-0.4, -0.2) is 59.8 Å². The lowest BCUT2D eigenvalue weighted by atomic mass is 10.1. The number of nitrogens with one attached hydrogen (secondary N) is 2. The second-order valence-corrected chi connectivity index (χ2v) is 9.16. The average molecular weight is 482 g/mol. The summed E-state index contributed by atoms with van der Waals surface area (Å²) in [6.45, 7) is 9.98. The quantitative estimate of drug-likeness (QED) is 0.567. The second-order valence-electron chi connectivity index (χ2n) is 9.16. The molecular weight excluding hydrogens is 452 g/mol. The van der Waals surface area contributed by atoms with E-state index in [0.29, 0.717) is 36.3 Å². The van der Waals surface area contributed by atoms with Gasteiger partial charge >= 0.3 is 0 Å². The van der Waals surface area contributed by atoms with Crippen LogP contribution in [0.5, 0.6) is 5.75 Å². The van der Waals surface area contributed by atoms with Gasteiger partial charge in [-0.05, 0) is 45.0 Å². The van der Waals surface area contributed by atoms with Crippen molar-refractivity contribution < 1.29 is 13.5 Å². The molecule has 0 amide bonds. The summed E-state index contributed by atoms with van der Waals surface area (Å²) in [5.41, 5.74) is 1.95. The monoisotopic (exact) mass is 481 g/mol. The molecule has 1 fully saturated rings. The van der Waals surface area contributed by atoms with E-state index in [2.05, 4.69) is 37.4 Å². The summed E-state index contributed by atoms with van der Waals surface area (Å²) in [5, 5.41) is 6.45. The molecule has 4 heterocycles. The number of pyridine rings is 1. The largest absolute Gasteiger partial charge is 0.486 e. The SMILES string of the molecule is CC1CN(c2ccc(Nc3ncc(F)c(-c4cc(F)c5c(c4)N(C(C)C)CCO5)n3)nc2)CCN1. The Bertz CT molecular complexity index is 1210. The highest BCUT2D eigenvalue weighted by atomic mass is 19.1. The van der Waals surface area contributed by atoms with Gasteiger partial charge in [-0.25, -0.2) is 23.7 Å². The van der Waals surface area contributed by atoms with Gasteiger partial charge in [0, 0.05) is 37.3 Å². The van der Waals surface area contributed by atoms with E-state index in [1.807, 2.05) is 30.9 Å². The molecule has 10 heteroatoms. The van der Waals surface area contributed by atoms with E-state index in [0.717, 1.165) is 31.5 Å². The van der Waals surface area contributed by atoms with Gasteiger partial charge in [-0.2, -0.15) is 0 Å². The number of hydrogen-bond acceptors (Lipinski definition) is 8. The maximum atomic E-state index is 14.9. The molecule has 2 aliphatic rings. The fourth-order valence-electron chi connectivity index (χ4n) is 4.53. The summed E-state index contributed by atoms with van der Waals surface area (Å²) < 4.78 is 35.2. The van der Waals surface area contributed by atoms with Crippen molar-refractivity contribution in [3.63, 3.8) is 0 Å². The molecule has 2 aliphatic heterocycles. The lowest BCUT2D eigenvalue weighted by molar-refractivity contribution is 0.287. The molecule has 1 saturated heterocycles. The molecule has 184 valence electrons. The van der Waals surface area contributed by atoms with Crippen LogP contribution in [0.2, 0.25) is 0 Å². The van der Waals surface area contributed by atoms with Gasteiger partial charge in [0.15, 0.2) is 17.4 Å². The number of halogens is 2. The van der Waals surface area contributed by atoms with Crippen LogP contribution in [0, 0.1) is 11.6 Å². The van der Waals surface area contributed by atoms with Crippen molar-refractivity contribution in [2.24, 2.45) is 0 Å². The highest BCUT2D eigenvalue weighted by molar-refractivity contribution is 5.73. The summed E-state index contributed by atoms with van der Waals surface area (Å²) in [7, 11) is 0. The normalized spacial score (nSPS) is 17.8. The van der Waals surface area contributed by atoms with Crippen molar-refractivity contribution in [1.82, 2.24) is 20.3 Å². The molecular formula is C25H29F2N7O. The van der Waals surface area contributed by atoms with Crippen molar-refractivity contribution in [3.05, 3.63) is 48.3 Å². The smallest absolute Gasteiger partial charge is 0.229 e. The number of hydrogen-bond donors (Lipinski definition) is 2. The summed E-state index contributed by atoms with van der Waals surface area (Å²) in [6, 6.07) is 7.34. The number of benzene rings is 1. The van der Waals surface area contributed by atoms with Crippen LogP contribution in [0.1, 0.15) is 20.8 Å². The Labute approximate surface area is 203 Å². The molecule has 8 nitrogen and oxygen atoms in total. The van der Waals surface area contributed by atoms with Crippen LogP contribution in [0.4, 0.5) is 31.9 Å². The second kappa shape index (κ2) is 9.61. The first-order chi connectivity index (χ1) is 16.9. The first kappa shape index (κ1) is 23.2. The van der Waals surface area contributed by atoms with Gasteiger partial charge < -0.3 is 25.2 Å². The zero-order valence-corrected chi connectivity index (χ0v) is 20.1. The summed E-state index contributed by atoms with van der Waals surface area (Å²) in [5.74, 6) is -0.295. The molecule has 35 heavy (non-hydrogen) atoms. The Kier molecular flexibility index (Phi) is 6.38. The lowest BCUT2D eigenvalue weighted by Gasteiger charge is -2.34. The first-order valence-electron chi connectivity index (χ1n) is 11.9. The van der Waals surface area contributed by atoms with Gasteiger partial charge in [0.05, 0.1) is 30.3 Å². The van der Waals surface area contributed by atoms with Crippen LogP contribution in [0.15, 0.2) is 36.7 Å². The Morgan fingerprint density at radius 3 is 2.71 bits per heavy atom. The van der Waals surface area contributed by atoms with Gasteiger partial charge in [-0.3, -0.25) is 0 Å². The van der Waals surface area contributed by atoms with E-state index in [4.69, 9.17) is 4.74 Å². The molecule has 0 spiro atoms. The van der Waals surface area contributed by atoms with Crippen molar-refractivity contribution in [2.75, 3.05) is 47.9 Å². The molecule has 0 radical (unpaired) electrons. The number of piperazine rings is 1. The standard InChI is InChI=1S/C25H29F2N7O/c1-15(2)34-8-9-35-24-19(26)10-17(11-21(24)34)23-20(27)13-30-25(32-23)31-22-5-4-18(12-29-22)33-7-6-28-16(3)14-33/h4-5,10-13,15-16,28H,6-9,14H2,1-3H3,(H,29,30,31,32). The van der Waals surface area contributed by atoms with Crippen LogP contribution in [0.25, 0.3) is 11.3 Å². The zero-order valence-electron chi connectivity index (χ0n) is 20.1.